The third-order valence-electron chi connectivity index (χ3n) is 2.86. The summed E-state index contributed by atoms with van der Waals surface area (Å²) < 4.78 is 5.56. The first-order valence-corrected chi connectivity index (χ1v) is 6.55. The Labute approximate surface area is 101 Å². The molecule has 3 atom stereocenters. The van der Waals surface area contributed by atoms with Gasteiger partial charge in [-0.3, -0.25) is 0 Å². The minimum Gasteiger partial charge on any atom is -0.377 e. The topological polar surface area (TPSA) is 48.1 Å². The summed E-state index contributed by atoms with van der Waals surface area (Å²) in [4.78, 5) is 4.43. The summed E-state index contributed by atoms with van der Waals surface area (Å²) in [6.07, 6.45) is 3.24. The highest BCUT2D eigenvalue weighted by atomic mass is 32.2. The number of pyridine rings is 1. The molecule has 0 aliphatic carbocycles. The Balaban J connectivity index is 2.14. The molecule has 4 heteroatoms. The van der Waals surface area contributed by atoms with Gasteiger partial charge in [0.2, 0.25) is 0 Å². The minimum absolute atomic E-state index is 0.0360. The molecule has 0 radical (unpaired) electrons. The van der Waals surface area contributed by atoms with Crippen molar-refractivity contribution < 1.29 is 4.74 Å². The van der Waals surface area contributed by atoms with Crippen LogP contribution in [0, 0.1) is 0 Å². The molecule has 1 aromatic heterocycles. The number of hydrogen-bond donors (Lipinski definition) is 1. The molecule has 2 N–H and O–H groups in total. The molecule has 0 aromatic carbocycles. The van der Waals surface area contributed by atoms with E-state index in [2.05, 4.69) is 18.0 Å². The summed E-state index contributed by atoms with van der Waals surface area (Å²) in [5.74, 6) is 0. The molecule has 1 aliphatic heterocycles. The van der Waals surface area contributed by atoms with Crippen LogP contribution in [0.5, 0.6) is 0 Å². The molecule has 0 spiro atoms. The van der Waals surface area contributed by atoms with E-state index >= 15 is 0 Å². The zero-order valence-corrected chi connectivity index (χ0v) is 10.5. The van der Waals surface area contributed by atoms with Gasteiger partial charge in [0.15, 0.2) is 0 Å². The predicted octanol–water partition coefficient (Wildman–Crippen LogP) is 2.37. The molecule has 2 unspecified atom stereocenters. The average Bonchev–Trinajstić information content (AvgIpc) is 2.65. The van der Waals surface area contributed by atoms with Crippen molar-refractivity contribution in [3.05, 3.63) is 23.9 Å². The van der Waals surface area contributed by atoms with Gasteiger partial charge in [-0.2, -0.15) is 0 Å². The molecular weight excluding hydrogens is 220 g/mol. The molecule has 1 aromatic rings. The maximum Gasteiger partial charge on any atom is 0.101 e. The molecule has 0 bridgehead atoms. The van der Waals surface area contributed by atoms with E-state index in [1.54, 1.807) is 11.8 Å². The molecule has 88 valence electrons. The number of nitrogens with two attached hydrogens (primary N) is 1. The van der Waals surface area contributed by atoms with E-state index in [0.29, 0.717) is 11.4 Å². The zero-order valence-electron chi connectivity index (χ0n) is 9.72. The highest BCUT2D eigenvalue weighted by Crippen LogP contribution is 2.34. The van der Waals surface area contributed by atoms with Gasteiger partial charge in [-0.25, -0.2) is 4.98 Å². The maximum absolute atomic E-state index is 5.94. The first-order valence-electron chi connectivity index (χ1n) is 5.67. The third kappa shape index (κ3) is 2.56. The second-order valence-electron chi connectivity index (χ2n) is 4.21. The van der Waals surface area contributed by atoms with E-state index in [1.807, 2.05) is 19.2 Å². The van der Waals surface area contributed by atoms with Crippen molar-refractivity contribution in [2.45, 2.75) is 42.7 Å². The van der Waals surface area contributed by atoms with Crippen LogP contribution < -0.4 is 5.73 Å². The van der Waals surface area contributed by atoms with Crippen molar-refractivity contribution in [1.82, 2.24) is 4.98 Å². The van der Waals surface area contributed by atoms with Gasteiger partial charge in [0, 0.05) is 29.7 Å². The van der Waals surface area contributed by atoms with Crippen molar-refractivity contribution in [1.29, 1.82) is 0 Å². The Morgan fingerprint density at radius 2 is 2.44 bits per heavy atom. The van der Waals surface area contributed by atoms with Crippen LogP contribution in [-0.4, -0.2) is 22.9 Å². The molecule has 2 rings (SSSR count). The van der Waals surface area contributed by atoms with Crippen LogP contribution in [0.2, 0.25) is 0 Å². The van der Waals surface area contributed by atoms with Gasteiger partial charge in [0.25, 0.3) is 0 Å². The molecule has 16 heavy (non-hydrogen) atoms. The first kappa shape index (κ1) is 11.9. The summed E-state index contributed by atoms with van der Waals surface area (Å²) in [5, 5.41) is 1.56. The third-order valence-corrected chi connectivity index (χ3v) is 4.35. The highest BCUT2D eigenvalue weighted by molar-refractivity contribution is 8.00. The van der Waals surface area contributed by atoms with Crippen LogP contribution in [-0.2, 0) is 4.74 Å². The second-order valence-corrected chi connectivity index (χ2v) is 5.44. The fourth-order valence-corrected chi connectivity index (χ4v) is 3.14. The fourth-order valence-electron chi connectivity index (χ4n) is 1.86. The second kappa shape index (κ2) is 5.17. The first-order chi connectivity index (χ1) is 7.68. The Kier molecular flexibility index (Phi) is 3.84. The zero-order chi connectivity index (χ0) is 11.5. The van der Waals surface area contributed by atoms with Crippen molar-refractivity contribution >= 4 is 11.8 Å². The molecule has 2 heterocycles. The van der Waals surface area contributed by atoms with Crippen molar-refractivity contribution in [3.63, 3.8) is 0 Å². The van der Waals surface area contributed by atoms with Crippen LogP contribution in [0.1, 0.15) is 31.9 Å². The Morgan fingerprint density at radius 3 is 3.06 bits per heavy atom. The van der Waals surface area contributed by atoms with Crippen LogP contribution in [0.15, 0.2) is 23.4 Å². The Bertz CT molecular complexity index is 357. The fraction of sp³-hybridized carbons (Fsp3) is 0.583. The van der Waals surface area contributed by atoms with Crippen LogP contribution in [0.3, 0.4) is 0 Å². The summed E-state index contributed by atoms with van der Waals surface area (Å²) >= 11 is 1.80. The SMILES string of the molecule is CC1OCCC1Sc1ncccc1[C@@H](C)N. The molecule has 0 saturated carbocycles. The number of rotatable bonds is 3. The smallest absolute Gasteiger partial charge is 0.101 e. The number of ether oxygens (including phenoxy) is 1. The lowest BCUT2D eigenvalue weighted by atomic mass is 10.2. The van der Waals surface area contributed by atoms with Crippen molar-refractivity contribution in [3.8, 4) is 0 Å². The quantitative estimate of drug-likeness (QED) is 0.878. The lowest BCUT2D eigenvalue weighted by Crippen LogP contribution is -2.15. The molecule has 1 aliphatic rings. The monoisotopic (exact) mass is 238 g/mol. The normalized spacial score (nSPS) is 26.9. The average molecular weight is 238 g/mol. The van der Waals surface area contributed by atoms with Gasteiger partial charge in [-0.05, 0) is 26.3 Å². The highest BCUT2D eigenvalue weighted by Gasteiger charge is 2.26. The number of thioether (sulfide) groups is 1. The van der Waals surface area contributed by atoms with E-state index in [0.717, 1.165) is 23.6 Å². The summed E-state index contributed by atoms with van der Waals surface area (Å²) in [6.45, 7) is 4.98. The van der Waals surface area contributed by atoms with E-state index in [4.69, 9.17) is 10.5 Å². The lowest BCUT2D eigenvalue weighted by Gasteiger charge is -2.16. The van der Waals surface area contributed by atoms with Gasteiger partial charge in [-0.1, -0.05) is 17.8 Å². The minimum atomic E-state index is 0.0360. The standard InChI is InChI=1S/C12H18N2OS/c1-8(13)10-4-3-6-14-12(10)16-11-5-7-15-9(11)2/h3-4,6,8-9,11H,5,7,13H2,1-2H3/t8-,9?,11?/m1/s1. The summed E-state index contributed by atoms with van der Waals surface area (Å²) in [5.41, 5.74) is 7.07. The molecule has 1 saturated heterocycles. The van der Waals surface area contributed by atoms with E-state index < -0.39 is 0 Å². The maximum atomic E-state index is 5.94. The van der Waals surface area contributed by atoms with Gasteiger partial charge in [-0.15, -0.1) is 0 Å². The van der Waals surface area contributed by atoms with Gasteiger partial charge in [0.1, 0.15) is 5.03 Å². The number of hydrogen-bond acceptors (Lipinski definition) is 4. The van der Waals surface area contributed by atoms with E-state index in [9.17, 15) is 0 Å². The largest absolute Gasteiger partial charge is 0.377 e. The van der Waals surface area contributed by atoms with Crippen molar-refractivity contribution in [2.75, 3.05) is 6.61 Å². The van der Waals surface area contributed by atoms with Gasteiger partial charge in [0.05, 0.1) is 6.10 Å². The Morgan fingerprint density at radius 1 is 1.62 bits per heavy atom. The van der Waals surface area contributed by atoms with Crippen LogP contribution in [0.4, 0.5) is 0 Å². The summed E-state index contributed by atoms with van der Waals surface area (Å²) in [7, 11) is 0. The van der Waals surface area contributed by atoms with Crippen molar-refractivity contribution in [2.24, 2.45) is 5.73 Å². The summed E-state index contributed by atoms with van der Waals surface area (Å²) in [6, 6.07) is 4.03. The predicted molar refractivity (Wildman–Crippen MR) is 66.5 cm³/mol. The van der Waals surface area contributed by atoms with Crippen LogP contribution in [0.25, 0.3) is 0 Å². The Hall–Kier alpha value is -0.580. The lowest BCUT2D eigenvalue weighted by molar-refractivity contribution is 0.127. The molecule has 0 amide bonds. The number of aromatic nitrogens is 1. The molecular formula is C12H18N2OS. The van der Waals surface area contributed by atoms with E-state index in [1.165, 1.54) is 0 Å². The van der Waals surface area contributed by atoms with E-state index in [-0.39, 0.29) is 6.04 Å². The van der Waals surface area contributed by atoms with Gasteiger partial charge >= 0.3 is 0 Å². The van der Waals surface area contributed by atoms with Gasteiger partial charge < -0.3 is 10.5 Å². The van der Waals surface area contributed by atoms with Crippen LogP contribution >= 0.6 is 11.8 Å². The number of nitrogens with zero attached hydrogens (tertiary/aromatic N) is 1. The molecule has 1 fully saturated rings. The molecule has 3 nitrogen and oxygen atoms in total.